The second-order valence-corrected chi connectivity index (χ2v) is 17.2. The largest absolute Gasteiger partial charge is 0.497 e. The molecule has 6 aromatic rings. The van der Waals surface area contributed by atoms with Crippen molar-refractivity contribution in [2.45, 2.75) is 33.0 Å². The molecule has 8 rings (SSSR count). The van der Waals surface area contributed by atoms with Crippen LogP contribution in [0.5, 0.6) is 11.5 Å². The quantitative estimate of drug-likeness (QED) is 0.155. The number of ether oxygens (including phenoxy) is 2. The van der Waals surface area contributed by atoms with Crippen molar-refractivity contribution < 1.29 is 61.5 Å². The first kappa shape index (κ1) is 35.8. The molecule has 16 heteroatoms. The minimum Gasteiger partial charge on any atom is -0.497 e. The Bertz CT molecular complexity index is 2630. The lowest BCUT2D eigenvalue weighted by molar-refractivity contribution is -0.254. The van der Waals surface area contributed by atoms with Crippen molar-refractivity contribution in [1.82, 2.24) is 0 Å². The van der Waals surface area contributed by atoms with Crippen LogP contribution in [0.3, 0.4) is 0 Å². The number of hydrogen-bond acceptors (Lipinski definition) is 8. The molecule has 0 spiro atoms. The average molecular weight is 789 g/mol. The molecule has 280 valence electrons. The number of furan rings is 2. The topological polar surface area (TPSA) is 113 Å². The summed E-state index contributed by atoms with van der Waals surface area (Å²) >= 11 is 0. The third-order valence-electron chi connectivity index (χ3n) is 10.1. The Kier molecular flexibility index (Phi) is 7.40. The van der Waals surface area contributed by atoms with Crippen molar-refractivity contribution in [1.29, 1.82) is 0 Å². The van der Waals surface area contributed by atoms with Crippen LogP contribution in [0.25, 0.3) is 33.1 Å². The standard InChI is InChI=1S/C38H26F6O8S2/c1-49-21-9-15-25-27(17-21)51-33-29(25)31-32(37(41,42)38(43,44)36(31,39)40)30-26-16-10-22(50-2)18-28(26)52-34(30)35(33,19-5-11-23(12-6-19)53(3,45)46)20-7-13-24(14-8-20)54(4,47)48/h5-18H,1-4H3. The van der Waals surface area contributed by atoms with Crippen LogP contribution in [0.1, 0.15) is 33.8 Å². The number of allylic oxidation sites excluding steroid dienone is 2. The predicted octanol–water partition coefficient (Wildman–Crippen LogP) is 8.53. The Hall–Kier alpha value is -5.22. The van der Waals surface area contributed by atoms with Gasteiger partial charge in [0, 0.05) is 57.7 Å². The summed E-state index contributed by atoms with van der Waals surface area (Å²) in [6, 6.07) is 17.5. The van der Waals surface area contributed by atoms with Crippen LogP contribution in [-0.4, -0.2) is 61.3 Å². The van der Waals surface area contributed by atoms with E-state index >= 15 is 26.3 Å². The van der Waals surface area contributed by atoms with Crippen LogP contribution in [0.2, 0.25) is 0 Å². The van der Waals surface area contributed by atoms with Gasteiger partial charge in [-0.25, -0.2) is 16.8 Å². The third-order valence-corrected chi connectivity index (χ3v) is 12.3. The van der Waals surface area contributed by atoms with Gasteiger partial charge in [-0.15, -0.1) is 0 Å². The predicted molar refractivity (Wildman–Crippen MR) is 185 cm³/mol. The van der Waals surface area contributed by atoms with Gasteiger partial charge < -0.3 is 18.3 Å². The molecule has 0 saturated heterocycles. The van der Waals surface area contributed by atoms with E-state index in [1.165, 1.54) is 99.1 Å². The average Bonchev–Trinajstić information content (AvgIpc) is 3.67. The lowest BCUT2D eigenvalue weighted by atomic mass is 9.68. The fourth-order valence-corrected chi connectivity index (χ4v) is 8.78. The van der Waals surface area contributed by atoms with Crippen LogP contribution in [0, 0.1) is 0 Å². The molecule has 0 atom stereocenters. The minimum atomic E-state index is -5.94. The Morgan fingerprint density at radius 1 is 0.537 bits per heavy atom. The summed E-state index contributed by atoms with van der Waals surface area (Å²) in [5.74, 6) is -17.8. The molecular weight excluding hydrogens is 763 g/mol. The number of fused-ring (bicyclic) bond motifs is 8. The number of methoxy groups -OCH3 is 2. The molecule has 0 fully saturated rings. The van der Waals surface area contributed by atoms with Crippen LogP contribution >= 0.6 is 0 Å². The molecule has 0 bridgehead atoms. The number of alkyl halides is 6. The highest BCUT2D eigenvalue weighted by Crippen LogP contribution is 2.70. The van der Waals surface area contributed by atoms with E-state index in [1.807, 2.05) is 0 Å². The summed E-state index contributed by atoms with van der Waals surface area (Å²) in [5, 5.41) is -0.514. The summed E-state index contributed by atoms with van der Waals surface area (Å²) in [6.07, 6.45) is 1.89. The SMILES string of the molecule is COc1ccc2c3c(oc2c1)C(c1ccc(S(C)(=O)=O)cc1)(c1ccc(S(C)(=O)=O)cc1)c1oc2cc(OC)ccc2c1C1=C3C(F)(F)C(F)(F)C1(F)F. The van der Waals surface area contributed by atoms with E-state index in [9.17, 15) is 16.8 Å². The van der Waals surface area contributed by atoms with Gasteiger partial charge >= 0.3 is 17.8 Å². The van der Waals surface area contributed by atoms with Crippen LogP contribution in [-0.2, 0) is 25.1 Å². The second-order valence-electron chi connectivity index (χ2n) is 13.2. The van der Waals surface area contributed by atoms with E-state index < -0.39 is 76.7 Å². The first-order valence-electron chi connectivity index (χ1n) is 15.9. The van der Waals surface area contributed by atoms with Gasteiger partial charge in [0.1, 0.15) is 39.6 Å². The van der Waals surface area contributed by atoms with Gasteiger partial charge in [-0.2, -0.15) is 26.3 Å². The highest BCUT2D eigenvalue weighted by atomic mass is 32.2. The van der Waals surface area contributed by atoms with Crippen LogP contribution < -0.4 is 9.47 Å². The second kappa shape index (κ2) is 11.2. The van der Waals surface area contributed by atoms with Crippen molar-refractivity contribution in [2.75, 3.05) is 26.7 Å². The van der Waals surface area contributed by atoms with Gasteiger partial charge in [-0.05, 0) is 59.7 Å². The molecule has 0 radical (unpaired) electrons. The Balaban J connectivity index is 1.67. The van der Waals surface area contributed by atoms with Crippen LogP contribution in [0.15, 0.2) is 104 Å². The van der Waals surface area contributed by atoms with Gasteiger partial charge in [-0.3, -0.25) is 0 Å². The third kappa shape index (κ3) is 4.55. The van der Waals surface area contributed by atoms with Gasteiger partial charge in [0.2, 0.25) is 0 Å². The van der Waals surface area contributed by atoms with E-state index in [-0.39, 0.29) is 54.4 Å². The first-order valence-corrected chi connectivity index (χ1v) is 19.7. The smallest absolute Gasteiger partial charge is 0.380 e. The van der Waals surface area contributed by atoms with Gasteiger partial charge in [0.25, 0.3) is 0 Å². The summed E-state index contributed by atoms with van der Waals surface area (Å²) in [4.78, 5) is -0.352. The molecule has 2 aromatic heterocycles. The fourth-order valence-electron chi connectivity index (χ4n) is 7.52. The summed E-state index contributed by atoms with van der Waals surface area (Å²) < 4.78 is 172. The van der Waals surface area contributed by atoms with E-state index in [0.29, 0.717) is 0 Å². The van der Waals surface area contributed by atoms with E-state index in [1.54, 1.807) is 0 Å². The van der Waals surface area contributed by atoms with Crippen molar-refractivity contribution in [3.63, 3.8) is 0 Å². The zero-order chi connectivity index (χ0) is 39.0. The molecule has 0 N–H and O–H groups in total. The Morgan fingerprint density at radius 3 is 1.20 bits per heavy atom. The first-order chi connectivity index (χ1) is 25.2. The molecule has 2 aliphatic rings. The normalized spacial score (nSPS) is 18.3. The van der Waals surface area contributed by atoms with Crippen LogP contribution in [0.4, 0.5) is 26.3 Å². The lowest BCUT2D eigenvalue weighted by Gasteiger charge is -2.34. The van der Waals surface area contributed by atoms with E-state index in [4.69, 9.17) is 18.3 Å². The zero-order valence-electron chi connectivity index (χ0n) is 28.4. The summed E-state index contributed by atoms with van der Waals surface area (Å²) in [5.41, 5.74) is -7.72. The Labute approximate surface area is 303 Å². The Morgan fingerprint density at radius 2 is 0.889 bits per heavy atom. The highest BCUT2D eigenvalue weighted by molar-refractivity contribution is 7.91. The van der Waals surface area contributed by atoms with Crippen molar-refractivity contribution in [3.05, 3.63) is 119 Å². The lowest BCUT2D eigenvalue weighted by Crippen LogP contribution is -2.49. The molecule has 54 heavy (non-hydrogen) atoms. The van der Waals surface area contributed by atoms with E-state index in [0.717, 1.165) is 12.5 Å². The van der Waals surface area contributed by atoms with E-state index in [2.05, 4.69) is 0 Å². The highest BCUT2D eigenvalue weighted by Gasteiger charge is 2.82. The molecular formula is C38H26F6O8S2. The minimum absolute atomic E-state index is 0.00103. The maximum atomic E-state index is 16.6. The maximum Gasteiger partial charge on any atom is 0.380 e. The van der Waals surface area contributed by atoms with Gasteiger partial charge in [0.05, 0.1) is 24.0 Å². The molecule has 0 amide bonds. The zero-order valence-corrected chi connectivity index (χ0v) is 30.1. The molecule has 4 aromatic carbocycles. The maximum absolute atomic E-state index is 16.6. The number of benzene rings is 4. The number of rotatable bonds is 6. The molecule has 0 unspecified atom stereocenters. The molecule has 2 heterocycles. The summed E-state index contributed by atoms with van der Waals surface area (Å²) in [7, 11) is -5.06. The fraction of sp³-hybridized carbons (Fsp3) is 0.211. The number of sulfone groups is 2. The monoisotopic (exact) mass is 788 g/mol. The molecule has 0 aliphatic heterocycles. The van der Waals surface area contributed by atoms with Crippen molar-refractivity contribution in [3.8, 4) is 11.5 Å². The van der Waals surface area contributed by atoms with Crippen molar-refractivity contribution in [2.24, 2.45) is 0 Å². The van der Waals surface area contributed by atoms with Gasteiger partial charge in [-0.1, -0.05) is 24.3 Å². The molecule has 0 saturated carbocycles. The number of hydrogen-bond donors (Lipinski definition) is 0. The summed E-state index contributed by atoms with van der Waals surface area (Å²) in [6.45, 7) is 0. The molecule has 8 nitrogen and oxygen atoms in total. The van der Waals surface area contributed by atoms with Crippen molar-refractivity contribution >= 4 is 52.8 Å². The molecule has 2 aliphatic carbocycles. The number of halogens is 6. The van der Waals surface area contributed by atoms with Gasteiger partial charge in [0.15, 0.2) is 19.7 Å².